The van der Waals surface area contributed by atoms with Gasteiger partial charge in [-0.3, -0.25) is 0 Å². The summed E-state index contributed by atoms with van der Waals surface area (Å²) in [6.07, 6.45) is 2.47. The van der Waals surface area contributed by atoms with Crippen molar-refractivity contribution in [1.29, 1.82) is 0 Å². The molecule has 2 aromatic rings. The third-order valence-corrected chi connectivity index (χ3v) is 1.46. The van der Waals surface area contributed by atoms with Gasteiger partial charge in [-0.25, -0.2) is 4.39 Å². The molecule has 2 nitrogen and oxygen atoms in total. The molecule has 0 bridgehead atoms. The fraction of sp³-hybridized carbons (Fsp3) is 0. The molecular weight excluding hydrogens is 171 g/mol. The molecule has 0 fully saturated rings. The molecule has 0 unspecified atom stereocenters. The summed E-state index contributed by atoms with van der Waals surface area (Å²) < 4.78 is 22.6. The van der Waals surface area contributed by atoms with Crippen LogP contribution in [0.25, 0.3) is 0 Å². The largest absolute Gasteiger partial charge is 0.426 e. The van der Waals surface area contributed by atoms with Crippen molar-refractivity contribution in [3.63, 3.8) is 0 Å². The van der Waals surface area contributed by atoms with Crippen LogP contribution in [-0.2, 0) is 0 Å². The molecule has 2 rings (SSSR count). The summed E-state index contributed by atoms with van der Waals surface area (Å²) in [5.41, 5.74) is 0. The molecular formula is C10H6FO2. The minimum atomic E-state index is -0.340. The van der Waals surface area contributed by atoms with Gasteiger partial charge in [-0.1, -0.05) is 6.07 Å². The molecule has 0 spiro atoms. The second-order valence-electron chi connectivity index (χ2n) is 2.43. The highest BCUT2D eigenvalue weighted by Crippen LogP contribution is 2.21. The van der Waals surface area contributed by atoms with Crippen LogP contribution in [0.3, 0.4) is 0 Å². The molecule has 65 valence electrons. The van der Waals surface area contributed by atoms with Crippen molar-refractivity contribution in [2.45, 2.75) is 0 Å². The SMILES string of the molecule is Fc1cccc(Oc2cc[c]o2)c1. The fourth-order valence-corrected chi connectivity index (χ4v) is 0.930. The van der Waals surface area contributed by atoms with E-state index in [-0.39, 0.29) is 5.82 Å². The lowest BCUT2D eigenvalue weighted by Crippen LogP contribution is -1.82. The van der Waals surface area contributed by atoms with E-state index in [1.54, 1.807) is 24.3 Å². The predicted octanol–water partition coefficient (Wildman–Crippen LogP) is 3.01. The molecule has 1 aromatic heterocycles. The summed E-state index contributed by atoms with van der Waals surface area (Å²) >= 11 is 0. The summed E-state index contributed by atoms with van der Waals surface area (Å²) in [4.78, 5) is 0. The second kappa shape index (κ2) is 3.31. The minimum Gasteiger partial charge on any atom is -0.426 e. The van der Waals surface area contributed by atoms with Gasteiger partial charge in [0.05, 0.1) is 0 Å². The van der Waals surface area contributed by atoms with E-state index in [4.69, 9.17) is 9.15 Å². The Bertz CT molecular complexity index is 382. The van der Waals surface area contributed by atoms with Gasteiger partial charge in [-0.2, -0.15) is 0 Å². The molecule has 13 heavy (non-hydrogen) atoms. The van der Waals surface area contributed by atoms with E-state index in [1.807, 2.05) is 0 Å². The lowest BCUT2D eigenvalue weighted by molar-refractivity contribution is 0.342. The van der Waals surface area contributed by atoms with Crippen LogP contribution < -0.4 is 4.74 Å². The summed E-state index contributed by atoms with van der Waals surface area (Å²) in [5.74, 6) is 0.363. The molecule has 0 aliphatic carbocycles. The highest BCUT2D eigenvalue weighted by atomic mass is 19.1. The minimum absolute atomic E-state index is 0.297. The number of halogens is 1. The Morgan fingerprint density at radius 3 is 2.92 bits per heavy atom. The topological polar surface area (TPSA) is 22.4 Å². The van der Waals surface area contributed by atoms with Crippen LogP contribution in [0, 0.1) is 12.1 Å². The van der Waals surface area contributed by atoms with Crippen molar-refractivity contribution in [2.75, 3.05) is 0 Å². The first-order valence-electron chi connectivity index (χ1n) is 3.74. The zero-order valence-electron chi connectivity index (χ0n) is 6.66. The van der Waals surface area contributed by atoms with Gasteiger partial charge in [0.15, 0.2) is 6.26 Å². The predicted molar refractivity (Wildman–Crippen MR) is 44.0 cm³/mol. The maximum absolute atomic E-state index is 12.7. The van der Waals surface area contributed by atoms with Crippen molar-refractivity contribution in [3.8, 4) is 11.7 Å². The highest BCUT2D eigenvalue weighted by molar-refractivity contribution is 5.26. The molecule has 0 aliphatic rings. The Hall–Kier alpha value is -1.77. The number of ether oxygens (including phenoxy) is 1. The van der Waals surface area contributed by atoms with Crippen molar-refractivity contribution in [3.05, 3.63) is 48.5 Å². The summed E-state index contributed by atoms with van der Waals surface area (Å²) in [6.45, 7) is 0. The van der Waals surface area contributed by atoms with E-state index in [9.17, 15) is 4.39 Å². The number of benzene rings is 1. The van der Waals surface area contributed by atoms with Crippen LogP contribution >= 0.6 is 0 Å². The Morgan fingerprint density at radius 1 is 1.31 bits per heavy atom. The Morgan fingerprint density at radius 2 is 2.23 bits per heavy atom. The van der Waals surface area contributed by atoms with E-state index in [2.05, 4.69) is 6.26 Å². The molecule has 0 saturated carbocycles. The first kappa shape index (κ1) is 7.86. The van der Waals surface area contributed by atoms with Gasteiger partial charge >= 0.3 is 0 Å². The highest BCUT2D eigenvalue weighted by Gasteiger charge is 1.99. The van der Waals surface area contributed by atoms with Gasteiger partial charge in [0.1, 0.15) is 11.6 Å². The van der Waals surface area contributed by atoms with Gasteiger partial charge in [-0.15, -0.1) is 0 Å². The normalized spacial score (nSPS) is 9.92. The van der Waals surface area contributed by atoms with Crippen LogP contribution in [0.4, 0.5) is 4.39 Å². The van der Waals surface area contributed by atoms with E-state index in [0.717, 1.165) is 0 Å². The van der Waals surface area contributed by atoms with Crippen molar-refractivity contribution < 1.29 is 13.5 Å². The molecule has 0 atom stereocenters. The monoisotopic (exact) mass is 177 g/mol. The van der Waals surface area contributed by atoms with Gasteiger partial charge in [0.2, 0.25) is 0 Å². The molecule has 1 heterocycles. The van der Waals surface area contributed by atoms with Crippen LogP contribution in [0.5, 0.6) is 11.7 Å². The number of rotatable bonds is 2. The molecule has 0 aliphatic heterocycles. The van der Waals surface area contributed by atoms with Crippen LogP contribution in [0.15, 0.2) is 40.8 Å². The number of furan rings is 1. The van der Waals surface area contributed by atoms with Crippen LogP contribution in [0.1, 0.15) is 0 Å². The van der Waals surface area contributed by atoms with Gasteiger partial charge in [-0.05, 0) is 18.2 Å². The van der Waals surface area contributed by atoms with E-state index in [1.165, 1.54) is 12.1 Å². The van der Waals surface area contributed by atoms with Crippen LogP contribution in [0.2, 0.25) is 0 Å². The first-order valence-corrected chi connectivity index (χ1v) is 3.74. The maximum atomic E-state index is 12.7. The number of hydrogen-bond donors (Lipinski definition) is 0. The zero-order valence-corrected chi connectivity index (χ0v) is 6.66. The average molecular weight is 177 g/mol. The van der Waals surface area contributed by atoms with E-state index in [0.29, 0.717) is 11.7 Å². The summed E-state index contributed by atoms with van der Waals surface area (Å²) in [6, 6.07) is 9.02. The van der Waals surface area contributed by atoms with Crippen molar-refractivity contribution in [1.82, 2.24) is 0 Å². The Kier molecular flexibility index (Phi) is 2.00. The maximum Gasteiger partial charge on any atom is 0.290 e. The molecule has 1 radical (unpaired) electrons. The van der Waals surface area contributed by atoms with E-state index >= 15 is 0 Å². The van der Waals surface area contributed by atoms with Gasteiger partial charge in [0.25, 0.3) is 5.95 Å². The van der Waals surface area contributed by atoms with E-state index < -0.39 is 0 Å². The van der Waals surface area contributed by atoms with Gasteiger partial charge < -0.3 is 9.15 Å². The standard InChI is InChI=1S/C10H6FO2/c11-8-3-1-4-9(7-8)13-10-5-2-6-12-10/h1-5,7H. The Labute approximate surface area is 74.6 Å². The smallest absolute Gasteiger partial charge is 0.290 e. The lowest BCUT2D eigenvalue weighted by atomic mass is 10.3. The summed E-state index contributed by atoms with van der Waals surface area (Å²) in [5, 5.41) is 0. The first-order chi connectivity index (χ1) is 6.34. The molecule has 1 aromatic carbocycles. The average Bonchev–Trinajstić information content (AvgIpc) is 2.57. The van der Waals surface area contributed by atoms with Crippen molar-refractivity contribution >= 4 is 0 Å². The second-order valence-corrected chi connectivity index (χ2v) is 2.43. The fourth-order valence-electron chi connectivity index (χ4n) is 0.930. The molecule has 0 N–H and O–H groups in total. The third kappa shape index (κ3) is 1.87. The quantitative estimate of drug-likeness (QED) is 0.703. The zero-order chi connectivity index (χ0) is 9.10. The molecule has 3 heteroatoms. The molecule has 0 saturated heterocycles. The van der Waals surface area contributed by atoms with Crippen LogP contribution in [-0.4, -0.2) is 0 Å². The van der Waals surface area contributed by atoms with Crippen molar-refractivity contribution in [2.24, 2.45) is 0 Å². The number of hydrogen-bond acceptors (Lipinski definition) is 2. The Balaban J connectivity index is 2.19. The third-order valence-electron chi connectivity index (χ3n) is 1.46. The van der Waals surface area contributed by atoms with Gasteiger partial charge in [0, 0.05) is 12.1 Å². The summed E-state index contributed by atoms with van der Waals surface area (Å²) in [7, 11) is 0. The lowest BCUT2D eigenvalue weighted by Gasteiger charge is -2.00. The molecule has 0 amide bonds.